The van der Waals surface area contributed by atoms with Crippen molar-refractivity contribution < 1.29 is 4.74 Å². The molecule has 1 spiro atoms. The van der Waals surface area contributed by atoms with Crippen LogP contribution in [-0.2, 0) is 4.74 Å². The summed E-state index contributed by atoms with van der Waals surface area (Å²) in [6.45, 7) is 8.06. The summed E-state index contributed by atoms with van der Waals surface area (Å²) < 4.78 is 6.43. The molecule has 3 nitrogen and oxygen atoms in total. The van der Waals surface area contributed by atoms with Crippen LogP contribution >= 0.6 is 0 Å². The van der Waals surface area contributed by atoms with Gasteiger partial charge in [-0.05, 0) is 39.5 Å². The predicted octanol–water partition coefficient (Wildman–Crippen LogP) is 2.16. The summed E-state index contributed by atoms with van der Waals surface area (Å²) in [7, 11) is 0. The zero-order valence-corrected chi connectivity index (χ0v) is 12.0. The quantitative estimate of drug-likeness (QED) is 0.815. The van der Waals surface area contributed by atoms with Gasteiger partial charge in [-0.3, -0.25) is 4.90 Å². The molecule has 1 aliphatic carbocycles. The molecule has 0 aromatic rings. The average Bonchev–Trinajstić information content (AvgIpc) is 2.95. The molecule has 1 saturated carbocycles. The first-order chi connectivity index (χ1) is 8.67. The lowest BCUT2D eigenvalue weighted by molar-refractivity contribution is -0.0536. The molecule has 3 heteroatoms. The van der Waals surface area contributed by atoms with Crippen molar-refractivity contribution in [3.63, 3.8) is 0 Å². The Bertz CT molecular complexity index is 288. The first-order valence-corrected chi connectivity index (χ1v) is 7.82. The zero-order chi connectivity index (χ0) is 12.6. The van der Waals surface area contributed by atoms with E-state index in [1.54, 1.807) is 0 Å². The monoisotopic (exact) mass is 252 g/mol. The van der Waals surface area contributed by atoms with Crippen LogP contribution in [0.1, 0.15) is 52.4 Å². The Morgan fingerprint density at radius 1 is 1.22 bits per heavy atom. The van der Waals surface area contributed by atoms with Crippen LogP contribution in [0.3, 0.4) is 0 Å². The third-order valence-electron chi connectivity index (χ3n) is 5.18. The molecule has 18 heavy (non-hydrogen) atoms. The third kappa shape index (κ3) is 2.59. The largest absolute Gasteiger partial charge is 0.370 e. The molecule has 0 aromatic heterocycles. The van der Waals surface area contributed by atoms with Crippen molar-refractivity contribution in [2.24, 2.45) is 0 Å². The van der Waals surface area contributed by atoms with E-state index in [-0.39, 0.29) is 0 Å². The minimum Gasteiger partial charge on any atom is -0.370 e. The molecule has 3 unspecified atom stereocenters. The van der Waals surface area contributed by atoms with E-state index in [1.165, 1.54) is 45.1 Å². The van der Waals surface area contributed by atoms with E-state index in [2.05, 4.69) is 24.1 Å². The van der Waals surface area contributed by atoms with Crippen LogP contribution in [-0.4, -0.2) is 48.3 Å². The maximum atomic E-state index is 6.43. The van der Waals surface area contributed by atoms with Crippen molar-refractivity contribution in [3.8, 4) is 0 Å². The lowest BCUT2D eigenvalue weighted by atomic mass is 9.98. The van der Waals surface area contributed by atoms with Crippen LogP contribution in [0, 0.1) is 0 Å². The maximum absolute atomic E-state index is 6.43. The Balaban J connectivity index is 1.54. The SMILES string of the molecule is CC1CN(CC2CCC3(CCCC3)O2)C(C)CN1. The summed E-state index contributed by atoms with van der Waals surface area (Å²) in [5.74, 6) is 0. The Kier molecular flexibility index (Phi) is 3.65. The molecule has 3 aliphatic rings. The molecule has 0 aromatic carbocycles. The summed E-state index contributed by atoms with van der Waals surface area (Å²) in [5, 5.41) is 3.55. The van der Waals surface area contributed by atoms with Crippen LogP contribution in [0.25, 0.3) is 0 Å². The van der Waals surface area contributed by atoms with E-state index in [0.29, 0.717) is 23.8 Å². The van der Waals surface area contributed by atoms with E-state index >= 15 is 0 Å². The van der Waals surface area contributed by atoms with Gasteiger partial charge in [0.05, 0.1) is 11.7 Å². The van der Waals surface area contributed by atoms with Gasteiger partial charge in [0.1, 0.15) is 0 Å². The van der Waals surface area contributed by atoms with Crippen molar-refractivity contribution in [3.05, 3.63) is 0 Å². The molecule has 1 N–H and O–H groups in total. The van der Waals surface area contributed by atoms with Crippen LogP contribution in [0.2, 0.25) is 0 Å². The average molecular weight is 252 g/mol. The number of nitrogens with zero attached hydrogens (tertiary/aromatic N) is 1. The van der Waals surface area contributed by atoms with Gasteiger partial charge in [-0.15, -0.1) is 0 Å². The second-order valence-corrected chi connectivity index (χ2v) is 6.78. The Morgan fingerprint density at radius 3 is 2.78 bits per heavy atom. The normalized spacial score (nSPS) is 40.7. The second kappa shape index (κ2) is 5.10. The van der Waals surface area contributed by atoms with Gasteiger partial charge in [0, 0.05) is 31.7 Å². The van der Waals surface area contributed by atoms with E-state index in [1.807, 2.05) is 0 Å². The van der Waals surface area contributed by atoms with Crippen molar-refractivity contribution in [1.82, 2.24) is 10.2 Å². The van der Waals surface area contributed by atoms with Crippen molar-refractivity contribution in [2.75, 3.05) is 19.6 Å². The third-order valence-corrected chi connectivity index (χ3v) is 5.18. The van der Waals surface area contributed by atoms with Crippen molar-refractivity contribution in [2.45, 2.75) is 76.2 Å². The van der Waals surface area contributed by atoms with Crippen LogP contribution in [0.15, 0.2) is 0 Å². The summed E-state index contributed by atoms with van der Waals surface area (Å²) >= 11 is 0. The Hall–Kier alpha value is -0.120. The summed E-state index contributed by atoms with van der Waals surface area (Å²) in [6.07, 6.45) is 8.49. The minimum absolute atomic E-state index is 0.299. The molecule has 2 aliphatic heterocycles. The van der Waals surface area contributed by atoms with Crippen molar-refractivity contribution >= 4 is 0 Å². The molecule has 3 fully saturated rings. The van der Waals surface area contributed by atoms with Gasteiger partial charge in [-0.1, -0.05) is 12.8 Å². The second-order valence-electron chi connectivity index (χ2n) is 6.78. The first-order valence-electron chi connectivity index (χ1n) is 7.82. The summed E-state index contributed by atoms with van der Waals surface area (Å²) in [5.41, 5.74) is 0.299. The highest BCUT2D eigenvalue weighted by atomic mass is 16.5. The van der Waals surface area contributed by atoms with E-state index in [9.17, 15) is 0 Å². The fourth-order valence-electron chi connectivity index (χ4n) is 4.02. The van der Waals surface area contributed by atoms with Gasteiger partial charge in [0.2, 0.25) is 0 Å². The number of piperazine rings is 1. The van der Waals surface area contributed by atoms with Gasteiger partial charge in [-0.25, -0.2) is 0 Å². The molecule has 0 amide bonds. The number of hydrogen-bond acceptors (Lipinski definition) is 3. The number of ether oxygens (including phenoxy) is 1. The standard InChI is InChI=1S/C15H28N2O/c1-12-10-17(13(2)9-16-12)11-14-5-8-15(18-14)6-3-4-7-15/h12-14,16H,3-11H2,1-2H3. The highest BCUT2D eigenvalue weighted by molar-refractivity contribution is 4.94. The first kappa shape index (κ1) is 12.9. The summed E-state index contributed by atoms with van der Waals surface area (Å²) in [6, 6.07) is 1.29. The maximum Gasteiger partial charge on any atom is 0.0710 e. The van der Waals surface area contributed by atoms with E-state index in [4.69, 9.17) is 4.74 Å². The Labute approximate surface area is 111 Å². The van der Waals surface area contributed by atoms with Gasteiger partial charge < -0.3 is 10.1 Å². The molecular weight excluding hydrogens is 224 g/mol. The molecule has 3 atom stereocenters. The highest BCUT2D eigenvalue weighted by Gasteiger charge is 2.42. The zero-order valence-electron chi connectivity index (χ0n) is 12.0. The van der Waals surface area contributed by atoms with E-state index < -0.39 is 0 Å². The predicted molar refractivity (Wildman–Crippen MR) is 73.8 cm³/mol. The highest BCUT2D eigenvalue weighted by Crippen LogP contribution is 2.43. The van der Waals surface area contributed by atoms with Crippen LogP contribution in [0.4, 0.5) is 0 Å². The molecule has 104 valence electrons. The smallest absolute Gasteiger partial charge is 0.0710 e. The number of nitrogens with one attached hydrogen (secondary N) is 1. The fraction of sp³-hybridized carbons (Fsp3) is 1.00. The van der Waals surface area contributed by atoms with Gasteiger partial charge >= 0.3 is 0 Å². The molecular formula is C15H28N2O. The number of hydrogen-bond donors (Lipinski definition) is 1. The van der Waals surface area contributed by atoms with E-state index in [0.717, 1.165) is 13.1 Å². The molecule has 2 heterocycles. The molecule has 0 bridgehead atoms. The topological polar surface area (TPSA) is 24.5 Å². The van der Waals surface area contributed by atoms with Gasteiger partial charge in [-0.2, -0.15) is 0 Å². The molecule has 3 rings (SSSR count). The van der Waals surface area contributed by atoms with Gasteiger partial charge in [0.15, 0.2) is 0 Å². The van der Waals surface area contributed by atoms with Crippen molar-refractivity contribution in [1.29, 1.82) is 0 Å². The fourth-order valence-corrected chi connectivity index (χ4v) is 4.02. The van der Waals surface area contributed by atoms with Crippen LogP contribution < -0.4 is 5.32 Å². The Morgan fingerprint density at radius 2 is 2.00 bits per heavy atom. The number of rotatable bonds is 2. The lowest BCUT2D eigenvalue weighted by Gasteiger charge is -2.39. The molecule has 0 radical (unpaired) electrons. The van der Waals surface area contributed by atoms with Crippen LogP contribution in [0.5, 0.6) is 0 Å². The summed E-state index contributed by atoms with van der Waals surface area (Å²) in [4.78, 5) is 2.62. The molecule has 2 saturated heterocycles. The minimum atomic E-state index is 0.299. The van der Waals surface area contributed by atoms with Gasteiger partial charge in [0.25, 0.3) is 0 Å². The lowest BCUT2D eigenvalue weighted by Crippen LogP contribution is -2.56.